The topological polar surface area (TPSA) is 43.4 Å². The Bertz CT molecular complexity index is 812. The second-order valence-electron chi connectivity index (χ2n) is 6.98. The third-order valence-electron chi connectivity index (χ3n) is 4.65. The molecule has 0 saturated heterocycles. The summed E-state index contributed by atoms with van der Waals surface area (Å²) >= 11 is 1.53. The lowest BCUT2D eigenvalue weighted by atomic mass is 9.99. The Kier molecular flexibility index (Phi) is 6.35. The Hall–Kier alpha value is -1.40. The average molecular weight is 397 g/mol. The Morgan fingerprint density at radius 3 is 2.77 bits per heavy atom. The first-order valence-electron chi connectivity index (χ1n) is 9.14. The first kappa shape index (κ1) is 19.4. The van der Waals surface area contributed by atoms with Crippen molar-refractivity contribution in [3.8, 4) is 5.75 Å². The summed E-state index contributed by atoms with van der Waals surface area (Å²) in [5, 5.41) is 1.94. The van der Waals surface area contributed by atoms with E-state index in [1.807, 2.05) is 24.4 Å². The molecular formula is C20H25FO3S2. The van der Waals surface area contributed by atoms with Gasteiger partial charge in [0.15, 0.2) is 21.4 Å². The normalized spacial score (nSPS) is 15.8. The monoisotopic (exact) mass is 396 g/mol. The molecule has 0 aliphatic heterocycles. The highest BCUT2D eigenvalue weighted by atomic mass is 32.2. The quantitative estimate of drug-likeness (QED) is 0.566. The summed E-state index contributed by atoms with van der Waals surface area (Å²) in [6, 6.07) is 8.60. The fourth-order valence-corrected chi connectivity index (χ4v) is 5.61. The second-order valence-corrected chi connectivity index (χ2v) is 10.2. The number of hydrogen-bond donors (Lipinski definition) is 0. The van der Waals surface area contributed by atoms with E-state index in [1.165, 1.54) is 17.4 Å². The molecule has 2 aromatic rings. The van der Waals surface area contributed by atoms with Gasteiger partial charge in [0.1, 0.15) is 0 Å². The highest BCUT2D eigenvalue weighted by Crippen LogP contribution is 2.34. The molecule has 0 N–H and O–H groups in total. The molecule has 1 aromatic carbocycles. The van der Waals surface area contributed by atoms with Gasteiger partial charge < -0.3 is 4.74 Å². The van der Waals surface area contributed by atoms with Gasteiger partial charge in [-0.15, -0.1) is 11.3 Å². The van der Waals surface area contributed by atoms with E-state index in [4.69, 9.17) is 4.74 Å². The summed E-state index contributed by atoms with van der Waals surface area (Å²) in [5.41, 5.74) is 0.791. The Morgan fingerprint density at radius 2 is 2.12 bits per heavy atom. The van der Waals surface area contributed by atoms with Gasteiger partial charge in [-0.3, -0.25) is 0 Å². The minimum Gasteiger partial charge on any atom is -0.490 e. The molecule has 1 fully saturated rings. The maximum Gasteiger partial charge on any atom is 0.165 e. The van der Waals surface area contributed by atoms with Crippen LogP contribution in [0.25, 0.3) is 0 Å². The van der Waals surface area contributed by atoms with E-state index in [9.17, 15) is 12.8 Å². The maximum absolute atomic E-state index is 14.1. The molecule has 0 unspecified atom stereocenters. The van der Waals surface area contributed by atoms with E-state index in [0.717, 1.165) is 29.7 Å². The zero-order valence-electron chi connectivity index (χ0n) is 15.0. The molecule has 1 heterocycles. The number of benzene rings is 1. The molecule has 0 radical (unpaired) electrons. The van der Waals surface area contributed by atoms with Gasteiger partial charge in [0.05, 0.1) is 18.1 Å². The van der Waals surface area contributed by atoms with Crippen LogP contribution >= 0.6 is 11.3 Å². The molecule has 6 heteroatoms. The van der Waals surface area contributed by atoms with Crippen LogP contribution in [0.4, 0.5) is 4.39 Å². The van der Waals surface area contributed by atoms with Gasteiger partial charge in [0.25, 0.3) is 0 Å². The van der Waals surface area contributed by atoms with Crippen molar-refractivity contribution in [2.24, 2.45) is 5.92 Å². The van der Waals surface area contributed by atoms with Gasteiger partial charge >= 0.3 is 0 Å². The molecule has 1 aromatic heterocycles. The molecule has 1 aliphatic rings. The lowest BCUT2D eigenvalue weighted by Crippen LogP contribution is -2.18. The summed E-state index contributed by atoms with van der Waals surface area (Å²) in [7, 11) is -3.18. The van der Waals surface area contributed by atoms with Crippen LogP contribution in [-0.2, 0) is 9.84 Å². The molecule has 3 rings (SSSR count). The first-order chi connectivity index (χ1) is 12.5. The SMILES string of the molecule is CCCCS(=O)(=O)C[C@@H](c1ccc(F)c(OCC2CC2)c1)c1cccs1. The summed E-state index contributed by atoms with van der Waals surface area (Å²) in [6.07, 6.45) is 3.78. The number of sulfone groups is 1. The molecule has 1 aliphatic carbocycles. The summed E-state index contributed by atoms with van der Waals surface area (Å²) in [4.78, 5) is 0.977. The highest BCUT2D eigenvalue weighted by molar-refractivity contribution is 7.91. The van der Waals surface area contributed by atoms with Gasteiger partial charge in [-0.25, -0.2) is 12.8 Å². The van der Waals surface area contributed by atoms with Gasteiger partial charge in [0.2, 0.25) is 0 Å². The van der Waals surface area contributed by atoms with Crippen molar-refractivity contribution in [2.45, 2.75) is 38.5 Å². The van der Waals surface area contributed by atoms with Crippen molar-refractivity contribution in [3.63, 3.8) is 0 Å². The summed E-state index contributed by atoms with van der Waals surface area (Å²) < 4.78 is 44.8. The van der Waals surface area contributed by atoms with Crippen molar-refractivity contribution in [3.05, 3.63) is 52.0 Å². The molecule has 142 valence electrons. The van der Waals surface area contributed by atoms with E-state index in [2.05, 4.69) is 0 Å². The largest absolute Gasteiger partial charge is 0.490 e. The van der Waals surface area contributed by atoms with Crippen LogP contribution in [-0.4, -0.2) is 26.5 Å². The number of halogens is 1. The van der Waals surface area contributed by atoms with E-state index < -0.39 is 15.7 Å². The van der Waals surface area contributed by atoms with Crippen LogP contribution < -0.4 is 4.74 Å². The molecule has 3 nitrogen and oxygen atoms in total. The van der Waals surface area contributed by atoms with Crippen LogP contribution in [0.15, 0.2) is 35.7 Å². The molecule has 26 heavy (non-hydrogen) atoms. The predicted molar refractivity (Wildman–Crippen MR) is 104 cm³/mol. The molecule has 0 amide bonds. The fraction of sp³-hybridized carbons (Fsp3) is 0.500. The first-order valence-corrected chi connectivity index (χ1v) is 11.8. The molecule has 1 atom stereocenters. The number of thiophene rings is 1. The van der Waals surface area contributed by atoms with Crippen LogP contribution in [0.1, 0.15) is 49.0 Å². The number of ether oxygens (including phenoxy) is 1. The Morgan fingerprint density at radius 1 is 1.31 bits per heavy atom. The van der Waals surface area contributed by atoms with Gasteiger partial charge in [-0.2, -0.15) is 0 Å². The number of rotatable bonds is 10. The van der Waals surface area contributed by atoms with E-state index >= 15 is 0 Å². The lowest BCUT2D eigenvalue weighted by Gasteiger charge is -2.18. The van der Waals surface area contributed by atoms with E-state index in [0.29, 0.717) is 18.9 Å². The third-order valence-corrected chi connectivity index (χ3v) is 7.38. The summed E-state index contributed by atoms with van der Waals surface area (Å²) in [5.74, 6) is 0.301. The van der Waals surface area contributed by atoms with Crippen molar-refractivity contribution in [2.75, 3.05) is 18.1 Å². The zero-order chi connectivity index (χ0) is 18.6. The van der Waals surface area contributed by atoms with E-state index in [-0.39, 0.29) is 23.2 Å². The third kappa shape index (κ3) is 5.30. The predicted octanol–water partition coefficient (Wildman–Crippen LogP) is 5.02. The number of hydrogen-bond acceptors (Lipinski definition) is 4. The van der Waals surface area contributed by atoms with Gasteiger partial charge in [-0.1, -0.05) is 25.5 Å². The van der Waals surface area contributed by atoms with Crippen molar-refractivity contribution < 1.29 is 17.5 Å². The standard InChI is InChI=1S/C20H25FO3S2/c1-2-3-11-26(22,23)14-17(20-5-4-10-25-20)16-8-9-18(21)19(12-16)24-13-15-6-7-15/h4-5,8-10,12,15,17H,2-3,6-7,11,13-14H2,1H3/t17-/m0/s1. The minimum atomic E-state index is -3.18. The van der Waals surface area contributed by atoms with Gasteiger partial charge in [-0.05, 0) is 54.3 Å². The highest BCUT2D eigenvalue weighted by Gasteiger charge is 2.25. The fourth-order valence-electron chi connectivity index (χ4n) is 2.87. The van der Waals surface area contributed by atoms with Crippen LogP contribution in [0, 0.1) is 11.7 Å². The minimum absolute atomic E-state index is 0.0429. The van der Waals surface area contributed by atoms with Crippen LogP contribution in [0.3, 0.4) is 0 Å². The molecule has 0 bridgehead atoms. The zero-order valence-corrected chi connectivity index (χ0v) is 16.6. The van der Waals surface area contributed by atoms with Crippen molar-refractivity contribution >= 4 is 21.2 Å². The maximum atomic E-state index is 14.1. The molecule has 0 spiro atoms. The second kappa shape index (κ2) is 8.53. The van der Waals surface area contributed by atoms with Crippen molar-refractivity contribution in [1.82, 2.24) is 0 Å². The van der Waals surface area contributed by atoms with Crippen molar-refractivity contribution in [1.29, 1.82) is 0 Å². The average Bonchev–Trinajstić information content (AvgIpc) is 3.29. The molecular weight excluding hydrogens is 371 g/mol. The Balaban J connectivity index is 1.85. The Labute approximate surface area is 159 Å². The number of unbranched alkanes of at least 4 members (excludes halogenated alkanes) is 1. The lowest BCUT2D eigenvalue weighted by molar-refractivity contribution is 0.285. The van der Waals surface area contributed by atoms with E-state index in [1.54, 1.807) is 12.1 Å². The molecule has 1 saturated carbocycles. The smallest absolute Gasteiger partial charge is 0.165 e. The van der Waals surface area contributed by atoms with Gasteiger partial charge in [0, 0.05) is 10.8 Å². The summed E-state index contributed by atoms with van der Waals surface area (Å²) in [6.45, 7) is 2.51. The van der Waals surface area contributed by atoms with Crippen LogP contribution in [0.2, 0.25) is 0 Å². The van der Waals surface area contributed by atoms with Crippen LogP contribution in [0.5, 0.6) is 5.75 Å².